The molecule has 0 radical (unpaired) electrons. The van der Waals surface area contributed by atoms with Crippen molar-refractivity contribution in [1.29, 1.82) is 0 Å². The Morgan fingerprint density at radius 2 is 1.81 bits per heavy atom. The summed E-state index contributed by atoms with van der Waals surface area (Å²) in [6, 6.07) is 8.11. The minimum Gasteiger partial charge on any atom is -0.410 e. The Hall–Kier alpha value is -1.55. The maximum Gasteiger partial charge on any atom is 0.415 e. The summed E-state index contributed by atoms with van der Waals surface area (Å²) in [6.07, 6.45) is 10.0. The number of aliphatic hydroxyl groups excluding tert-OH is 1. The first-order valence-corrected chi connectivity index (χ1v) is 12.6. The van der Waals surface area contributed by atoms with E-state index in [0.29, 0.717) is 12.3 Å². The Morgan fingerprint density at radius 3 is 2.39 bits per heavy atom. The standard InChI is InChI=1S/C24H37NO3.C3H8/c1-4-19-14-18(3)15-24(5-2,16-19)20-9-11-22(12-10-20)28-23(27)25-13-7-6-8-21(25)17-26;1-3-2/h9-12,18-19,21,26H,4-8,13-17H2,1-3H3;3H2,1-2H3. The van der Waals surface area contributed by atoms with Crippen LogP contribution in [0.5, 0.6) is 5.75 Å². The molecule has 1 aromatic carbocycles. The molecule has 1 saturated carbocycles. The molecule has 176 valence electrons. The number of aliphatic hydroxyl groups is 1. The summed E-state index contributed by atoms with van der Waals surface area (Å²) in [4.78, 5) is 14.2. The summed E-state index contributed by atoms with van der Waals surface area (Å²) in [5, 5.41) is 9.53. The van der Waals surface area contributed by atoms with Gasteiger partial charge in [0.05, 0.1) is 12.6 Å². The molecular weight excluding hydrogens is 386 g/mol. The van der Waals surface area contributed by atoms with Gasteiger partial charge in [-0.3, -0.25) is 0 Å². The third-order valence-corrected chi connectivity index (χ3v) is 7.15. The van der Waals surface area contributed by atoms with Gasteiger partial charge in [-0.05, 0) is 79.9 Å². The quantitative estimate of drug-likeness (QED) is 0.549. The van der Waals surface area contributed by atoms with Gasteiger partial charge in [-0.15, -0.1) is 0 Å². The van der Waals surface area contributed by atoms with Gasteiger partial charge in [0.25, 0.3) is 0 Å². The molecule has 0 spiro atoms. The molecule has 1 heterocycles. The van der Waals surface area contributed by atoms with E-state index in [1.165, 1.54) is 37.7 Å². The van der Waals surface area contributed by atoms with E-state index in [9.17, 15) is 9.90 Å². The Bertz CT molecular complexity index is 659. The van der Waals surface area contributed by atoms with Gasteiger partial charge in [0.15, 0.2) is 0 Å². The zero-order chi connectivity index (χ0) is 22.9. The van der Waals surface area contributed by atoms with Gasteiger partial charge in [-0.25, -0.2) is 4.79 Å². The molecule has 0 aromatic heterocycles. The zero-order valence-electron chi connectivity index (χ0n) is 20.5. The van der Waals surface area contributed by atoms with Crippen LogP contribution in [0, 0.1) is 11.8 Å². The largest absolute Gasteiger partial charge is 0.415 e. The van der Waals surface area contributed by atoms with Crippen molar-refractivity contribution in [3.05, 3.63) is 29.8 Å². The molecule has 31 heavy (non-hydrogen) atoms. The van der Waals surface area contributed by atoms with Crippen molar-refractivity contribution in [2.45, 2.75) is 104 Å². The van der Waals surface area contributed by atoms with E-state index in [2.05, 4.69) is 46.8 Å². The lowest BCUT2D eigenvalue weighted by Crippen LogP contribution is -2.46. The van der Waals surface area contributed by atoms with E-state index in [1.54, 1.807) is 4.90 Å². The first-order valence-electron chi connectivity index (χ1n) is 12.6. The molecule has 1 aliphatic heterocycles. The van der Waals surface area contributed by atoms with E-state index < -0.39 is 0 Å². The van der Waals surface area contributed by atoms with Crippen molar-refractivity contribution in [1.82, 2.24) is 4.90 Å². The monoisotopic (exact) mass is 431 g/mol. The van der Waals surface area contributed by atoms with Crippen LogP contribution in [0.25, 0.3) is 0 Å². The second-order valence-corrected chi connectivity index (χ2v) is 9.78. The highest BCUT2D eigenvalue weighted by molar-refractivity contribution is 5.71. The third-order valence-electron chi connectivity index (χ3n) is 7.15. The lowest BCUT2D eigenvalue weighted by molar-refractivity contribution is 0.0825. The Morgan fingerprint density at radius 1 is 1.13 bits per heavy atom. The Balaban J connectivity index is 0.00000107. The zero-order valence-corrected chi connectivity index (χ0v) is 20.5. The molecule has 4 nitrogen and oxygen atoms in total. The number of amides is 1. The second kappa shape index (κ2) is 12.5. The molecule has 3 rings (SSSR count). The fourth-order valence-corrected chi connectivity index (χ4v) is 5.54. The highest BCUT2D eigenvalue weighted by Crippen LogP contribution is 2.47. The Kier molecular flexibility index (Phi) is 10.3. The van der Waals surface area contributed by atoms with Gasteiger partial charge >= 0.3 is 6.09 Å². The molecule has 4 unspecified atom stereocenters. The number of benzene rings is 1. The van der Waals surface area contributed by atoms with E-state index in [-0.39, 0.29) is 24.2 Å². The number of ether oxygens (including phenoxy) is 1. The number of carbonyl (C=O) groups is 1. The minimum absolute atomic E-state index is 0.00381. The molecule has 1 amide bonds. The van der Waals surface area contributed by atoms with Gasteiger partial charge in [0.2, 0.25) is 0 Å². The van der Waals surface area contributed by atoms with Crippen LogP contribution in [0.4, 0.5) is 4.79 Å². The summed E-state index contributed by atoms with van der Waals surface area (Å²) >= 11 is 0. The average Bonchev–Trinajstić information content (AvgIpc) is 2.79. The summed E-state index contributed by atoms with van der Waals surface area (Å²) in [5.74, 6) is 2.15. The van der Waals surface area contributed by atoms with Crippen molar-refractivity contribution in [2.24, 2.45) is 11.8 Å². The van der Waals surface area contributed by atoms with Crippen molar-refractivity contribution < 1.29 is 14.6 Å². The molecule has 1 saturated heterocycles. The Labute approximate surface area is 190 Å². The maximum absolute atomic E-state index is 12.6. The van der Waals surface area contributed by atoms with Crippen molar-refractivity contribution in [2.75, 3.05) is 13.2 Å². The molecule has 2 aliphatic rings. The van der Waals surface area contributed by atoms with Crippen LogP contribution < -0.4 is 4.74 Å². The highest BCUT2D eigenvalue weighted by atomic mass is 16.6. The fourth-order valence-electron chi connectivity index (χ4n) is 5.54. The average molecular weight is 432 g/mol. The number of rotatable bonds is 5. The van der Waals surface area contributed by atoms with Crippen LogP contribution >= 0.6 is 0 Å². The van der Waals surface area contributed by atoms with E-state index in [0.717, 1.165) is 37.5 Å². The third kappa shape index (κ3) is 6.71. The van der Waals surface area contributed by atoms with Crippen molar-refractivity contribution in [3.8, 4) is 5.75 Å². The highest BCUT2D eigenvalue weighted by Gasteiger charge is 2.38. The molecule has 1 aromatic rings. The normalized spacial score (nSPS) is 28.5. The number of likely N-dealkylation sites (tertiary alicyclic amines) is 1. The van der Waals surface area contributed by atoms with Crippen LogP contribution in [-0.4, -0.2) is 35.3 Å². The summed E-state index contributed by atoms with van der Waals surface area (Å²) in [6.45, 7) is 11.9. The lowest BCUT2D eigenvalue weighted by Gasteiger charge is -2.44. The van der Waals surface area contributed by atoms with Gasteiger partial charge in [-0.1, -0.05) is 59.6 Å². The number of hydrogen-bond donors (Lipinski definition) is 1. The number of nitrogens with zero attached hydrogens (tertiary/aromatic N) is 1. The van der Waals surface area contributed by atoms with Crippen LogP contribution in [0.1, 0.15) is 98.0 Å². The molecule has 1 aliphatic carbocycles. The molecule has 1 N–H and O–H groups in total. The topological polar surface area (TPSA) is 49.8 Å². The first-order chi connectivity index (χ1) is 14.9. The van der Waals surface area contributed by atoms with Crippen molar-refractivity contribution in [3.63, 3.8) is 0 Å². The molecule has 2 fully saturated rings. The summed E-state index contributed by atoms with van der Waals surface area (Å²) in [7, 11) is 0. The van der Waals surface area contributed by atoms with E-state index >= 15 is 0 Å². The molecule has 4 atom stereocenters. The van der Waals surface area contributed by atoms with E-state index in [1.807, 2.05) is 12.1 Å². The van der Waals surface area contributed by atoms with Crippen LogP contribution in [0.3, 0.4) is 0 Å². The molecule has 4 heteroatoms. The summed E-state index contributed by atoms with van der Waals surface area (Å²) < 4.78 is 5.63. The van der Waals surface area contributed by atoms with Crippen molar-refractivity contribution >= 4 is 6.09 Å². The maximum atomic E-state index is 12.6. The summed E-state index contributed by atoms with van der Waals surface area (Å²) in [5.41, 5.74) is 1.63. The minimum atomic E-state index is -0.339. The predicted octanol–water partition coefficient (Wildman–Crippen LogP) is 6.94. The van der Waals surface area contributed by atoms with Crippen LogP contribution in [0.2, 0.25) is 0 Å². The van der Waals surface area contributed by atoms with Crippen LogP contribution in [-0.2, 0) is 5.41 Å². The second-order valence-electron chi connectivity index (χ2n) is 9.78. The van der Waals surface area contributed by atoms with Gasteiger partial charge in [-0.2, -0.15) is 0 Å². The number of hydrogen-bond acceptors (Lipinski definition) is 3. The predicted molar refractivity (Wildman–Crippen MR) is 129 cm³/mol. The number of carbonyl (C=O) groups excluding carboxylic acids is 1. The fraction of sp³-hybridized carbons (Fsp3) is 0.741. The van der Waals surface area contributed by atoms with E-state index in [4.69, 9.17) is 4.74 Å². The van der Waals surface area contributed by atoms with Gasteiger partial charge in [0.1, 0.15) is 5.75 Å². The van der Waals surface area contributed by atoms with Gasteiger partial charge in [0, 0.05) is 6.54 Å². The molecule has 0 bridgehead atoms. The first kappa shape index (κ1) is 25.7. The smallest absolute Gasteiger partial charge is 0.410 e. The van der Waals surface area contributed by atoms with Crippen LogP contribution in [0.15, 0.2) is 24.3 Å². The number of piperidine rings is 1. The van der Waals surface area contributed by atoms with Gasteiger partial charge < -0.3 is 14.7 Å². The SMILES string of the molecule is CCC.CCC1CC(C)CC(CC)(c2ccc(OC(=O)N3CCCCC3CO)cc2)C1. The lowest BCUT2D eigenvalue weighted by atomic mass is 9.61. The molecular formula is C27H45NO3.